The number of amides is 2. The molecular formula is C20H19N3O6. The van der Waals surface area contributed by atoms with Crippen LogP contribution in [0.3, 0.4) is 0 Å². The molecule has 3 heterocycles. The van der Waals surface area contributed by atoms with Gasteiger partial charge in [-0.1, -0.05) is 0 Å². The molecule has 0 saturated carbocycles. The second-order valence-electron chi connectivity index (χ2n) is 6.86. The predicted molar refractivity (Wildman–Crippen MR) is 101 cm³/mol. The highest BCUT2D eigenvalue weighted by Crippen LogP contribution is 2.34. The Balaban J connectivity index is 1.32. The van der Waals surface area contributed by atoms with Crippen molar-refractivity contribution in [3.63, 3.8) is 0 Å². The fourth-order valence-corrected chi connectivity index (χ4v) is 3.39. The van der Waals surface area contributed by atoms with Crippen molar-refractivity contribution in [2.45, 2.75) is 12.8 Å². The highest BCUT2D eigenvalue weighted by molar-refractivity contribution is 5.96. The largest absolute Gasteiger partial charge is 0.477 e. The van der Waals surface area contributed by atoms with Gasteiger partial charge in [0.2, 0.25) is 12.7 Å². The number of pyridine rings is 1. The molecule has 150 valence electrons. The molecule has 0 unspecified atom stereocenters. The maximum Gasteiger partial charge on any atom is 0.354 e. The van der Waals surface area contributed by atoms with E-state index < -0.39 is 5.97 Å². The number of nitrogens with zero attached hydrogens (tertiary/aromatic N) is 2. The van der Waals surface area contributed by atoms with E-state index in [1.807, 2.05) is 0 Å². The number of aromatic carboxylic acids is 1. The van der Waals surface area contributed by atoms with Crippen LogP contribution in [0.1, 0.15) is 33.7 Å². The molecule has 1 aromatic heterocycles. The third-order valence-electron chi connectivity index (χ3n) is 5.02. The summed E-state index contributed by atoms with van der Waals surface area (Å²) in [5.74, 6) is -0.394. The number of carbonyl (C=O) groups is 3. The standard InChI is InChI=1S/C20H19N3O6/c24-18(22-14-2-4-16-17(9-14)29-11-28-16)12-5-7-23(8-6-12)19(25)13-1-3-15(20(26)27)21-10-13/h1-4,9-10,12H,5-8,11H2,(H,22,24)(H,26,27). The number of carboxylic acid groups (broad SMARTS) is 1. The van der Waals surface area contributed by atoms with E-state index in [-0.39, 0.29) is 30.2 Å². The van der Waals surface area contributed by atoms with Crippen molar-refractivity contribution in [3.05, 3.63) is 47.8 Å². The molecule has 2 aliphatic rings. The summed E-state index contributed by atoms with van der Waals surface area (Å²) in [6.07, 6.45) is 2.36. The summed E-state index contributed by atoms with van der Waals surface area (Å²) in [5.41, 5.74) is 0.862. The topological polar surface area (TPSA) is 118 Å². The first-order valence-electron chi connectivity index (χ1n) is 9.20. The van der Waals surface area contributed by atoms with Gasteiger partial charge in [-0.05, 0) is 37.1 Å². The Morgan fingerprint density at radius 2 is 1.83 bits per heavy atom. The number of fused-ring (bicyclic) bond motifs is 1. The number of ether oxygens (including phenoxy) is 2. The van der Waals surface area contributed by atoms with Gasteiger partial charge in [0.15, 0.2) is 11.5 Å². The third kappa shape index (κ3) is 3.98. The Morgan fingerprint density at radius 3 is 2.52 bits per heavy atom. The maximum absolute atomic E-state index is 12.6. The lowest BCUT2D eigenvalue weighted by atomic mass is 9.95. The molecule has 4 rings (SSSR count). The number of rotatable bonds is 4. The van der Waals surface area contributed by atoms with Crippen molar-refractivity contribution in [2.24, 2.45) is 5.92 Å². The van der Waals surface area contributed by atoms with E-state index in [9.17, 15) is 14.4 Å². The Kier molecular flexibility index (Phi) is 5.03. The number of piperidine rings is 1. The molecule has 1 saturated heterocycles. The molecule has 0 bridgehead atoms. The van der Waals surface area contributed by atoms with Gasteiger partial charge in [-0.2, -0.15) is 0 Å². The van der Waals surface area contributed by atoms with Gasteiger partial charge < -0.3 is 24.8 Å². The van der Waals surface area contributed by atoms with Gasteiger partial charge in [-0.15, -0.1) is 0 Å². The van der Waals surface area contributed by atoms with Crippen LogP contribution in [0.25, 0.3) is 0 Å². The fraction of sp³-hybridized carbons (Fsp3) is 0.300. The summed E-state index contributed by atoms with van der Waals surface area (Å²) in [6.45, 7) is 1.06. The SMILES string of the molecule is O=C(O)c1ccc(C(=O)N2CCC(C(=O)Nc3ccc4c(c3)OCO4)CC2)cn1. The van der Waals surface area contributed by atoms with Crippen molar-refractivity contribution in [1.29, 1.82) is 0 Å². The lowest BCUT2D eigenvalue weighted by molar-refractivity contribution is -0.121. The Morgan fingerprint density at radius 1 is 1.07 bits per heavy atom. The van der Waals surface area contributed by atoms with E-state index in [1.165, 1.54) is 18.3 Å². The molecule has 1 aromatic carbocycles. The first kappa shape index (κ1) is 18.7. The average molecular weight is 397 g/mol. The number of carbonyl (C=O) groups excluding carboxylic acids is 2. The number of carboxylic acids is 1. The van der Waals surface area contributed by atoms with Crippen molar-refractivity contribution in [2.75, 3.05) is 25.2 Å². The molecule has 0 atom stereocenters. The third-order valence-corrected chi connectivity index (χ3v) is 5.02. The number of benzene rings is 1. The molecule has 1 fully saturated rings. The van der Waals surface area contributed by atoms with E-state index in [0.717, 1.165) is 0 Å². The molecule has 2 N–H and O–H groups in total. The lowest BCUT2D eigenvalue weighted by Gasteiger charge is -2.31. The Hall–Kier alpha value is -3.62. The molecule has 2 aromatic rings. The quantitative estimate of drug-likeness (QED) is 0.810. The molecule has 2 amide bonds. The summed E-state index contributed by atoms with van der Waals surface area (Å²) in [4.78, 5) is 41.4. The van der Waals surface area contributed by atoms with Crippen LogP contribution in [0, 0.1) is 5.92 Å². The molecule has 0 aliphatic carbocycles. The lowest BCUT2D eigenvalue weighted by Crippen LogP contribution is -2.41. The maximum atomic E-state index is 12.6. The Bertz CT molecular complexity index is 951. The summed E-state index contributed by atoms with van der Waals surface area (Å²) in [6, 6.07) is 8.01. The second-order valence-corrected chi connectivity index (χ2v) is 6.86. The van der Waals surface area contributed by atoms with Crippen LogP contribution in [-0.2, 0) is 4.79 Å². The summed E-state index contributed by atoms with van der Waals surface area (Å²) in [7, 11) is 0. The monoisotopic (exact) mass is 397 g/mol. The first-order chi connectivity index (χ1) is 14.0. The van der Waals surface area contributed by atoms with Crippen LogP contribution in [0.4, 0.5) is 5.69 Å². The van der Waals surface area contributed by atoms with Gasteiger partial charge in [0, 0.05) is 37.0 Å². The van der Waals surface area contributed by atoms with Crippen molar-refractivity contribution < 1.29 is 29.0 Å². The zero-order chi connectivity index (χ0) is 20.4. The van der Waals surface area contributed by atoms with E-state index in [2.05, 4.69) is 10.3 Å². The summed E-state index contributed by atoms with van der Waals surface area (Å²) >= 11 is 0. The smallest absolute Gasteiger partial charge is 0.354 e. The number of anilines is 1. The van der Waals surface area contributed by atoms with Gasteiger partial charge in [0.05, 0.1) is 5.56 Å². The summed E-state index contributed by atoms with van der Waals surface area (Å²) in [5, 5.41) is 11.8. The fourth-order valence-electron chi connectivity index (χ4n) is 3.39. The van der Waals surface area contributed by atoms with Gasteiger partial charge in [-0.3, -0.25) is 9.59 Å². The molecule has 0 radical (unpaired) electrons. The van der Waals surface area contributed by atoms with Crippen LogP contribution < -0.4 is 14.8 Å². The van der Waals surface area contributed by atoms with Gasteiger partial charge in [-0.25, -0.2) is 9.78 Å². The van der Waals surface area contributed by atoms with Crippen molar-refractivity contribution in [1.82, 2.24) is 9.88 Å². The highest BCUT2D eigenvalue weighted by Gasteiger charge is 2.28. The molecule has 0 spiro atoms. The minimum atomic E-state index is -1.14. The van der Waals surface area contributed by atoms with Crippen LogP contribution in [0.15, 0.2) is 36.5 Å². The number of hydrogen-bond donors (Lipinski definition) is 2. The van der Waals surface area contributed by atoms with Crippen LogP contribution in [0.5, 0.6) is 11.5 Å². The van der Waals surface area contributed by atoms with Gasteiger partial charge >= 0.3 is 5.97 Å². The van der Waals surface area contributed by atoms with Crippen molar-refractivity contribution >= 4 is 23.5 Å². The number of likely N-dealkylation sites (tertiary alicyclic amines) is 1. The highest BCUT2D eigenvalue weighted by atomic mass is 16.7. The van der Waals surface area contributed by atoms with E-state index in [1.54, 1.807) is 23.1 Å². The minimum absolute atomic E-state index is 0.0940. The average Bonchev–Trinajstić information content (AvgIpc) is 3.21. The van der Waals surface area contributed by atoms with Crippen molar-refractivity contribution in [3.8, 4) is 11.5 Å². The van der Waals surface area contributed by atoms with Crippen LogP contribution in [-0.4, -0.2) is 52.7 Å². The first-order valence-corrected chi connectivity index (χ1v) is 9.20. The van der Waals surface area contributed by atoms with Crippen LogP contribution >= 0.6 is 0 Å². The zero-order valence-corrected chi connectivity index (χ0v) is 15.5. The molecule has 29 heavy (non-hydrogen) atoms. The number of aromatic nitrogens is 1. The van der Waals surface area contributed by atoms with E-state index >= 15 is 0 Å². The van der Waals surface area contributed by atoms with E-state index in [4.69, 9.17) is 14.6 Å². The zero-order valence-electron chi connectivity index (χ0n) is 15.5. The predicted octanol–water partition coefficient (Wildman–Crippen LogP) is 2.00. The van der Waals surface area contributed by atoms with Gasteiger partial charge in [0.25, 0.3) is 5.91 Å². The number of hydrogen-bond acceptors (Lipinski definition) is 6. The van der Waals surface area contributed by atoms with Gasteiger partial charge in [0.1, 0.15) is 5.69 Å². The molecular weight excluding hydrogens is 378 g/mol. The molecule has 9 heteroatoms. The second kappa shape index (κ2) is 7.78. The van der Waals surface area contributed by atoms with Crippen LogP contribution in [0.2, 0.25) is 0 Å². The minimum Gasteiger partial charge on any atom is -0.477 e. The molecule has 2 aliphatic heterocycles. The Labute approximate surface area is 166 Å². The number of nitrogens with one attached hydrogen (secondary N) is 1. The molecule has 9 nitrogen and oxygen atoms in total. The summed E-state index contributed by atoms with van der Waals surface area (Å²) < 4.78 is 10.6. The normalized spacial score (nSPS) is 15.8. The van der Waals surface area contributed by atoms with E-state index in [0.29, 0.717) is 48.7 Å².